The molecule has 0 aromatic carbocycles. The molecule has 1 aliphatic carbocycles. The van der Waals surface area contributed by atoms with Crippen LogP contribution in [0.15, 0.2) is 12.5 Å². The second-order valence-corrected chi connectivity index (χ2v) is 9.65. The fourth-order valence-corrected chi connectivity index (χ4v) is 5.15. The fourth-order valence-electron chi connectivity index (χ4n) is 5.15. The number of hydrogen-bond donors (Lipinski definition) is 0. The van der Waals surface area contributed by atoms with Gasteiger partial charge in [0.1, 0.15) is 0 Å². The van der Waals surface area contributed by atoms with Crippen LogP contribution in [0.3, 0.4) is 0 Å². The molecule has 3 aliphatic rings. The molecule has 0 spiro atoms. The number of amides is 1. The SMILES string of the molecule is CC1CN(Cc2cncn2C(C)C2CCOCC2)CC(C)N1C(=O)C1(C)CC1. The second kappa shape index (κ2) is 7.79. The van der Waals surface area contributed by atoms with Crippen molar-refractivity contribution in [3.63, 3.8) is 0 Å². The molecule has 1 aromatic rings. The summed E-state index contributed by atoms with van der Waals surface area (Å²) in [6.07, 6.45) is 8.38. The molecule has 3 unspecified atom stereocenters. The molecule has 3 heterocycles. The van der Waals surface area contributed by atoms with Crippen LogP contribution in [0.2, 0.25) is 0 Å². The van der Waals surface area contributed by atoms with Crippen LogP contribution in [0.25, 0.3) is 0 Å². The summed E-state index contributed by atoms with van der Waals surface area (Å²) in [5.74, 6) is 1.03. The Kier molecular flexibility index (Phi) is 5.53. The normalized spacial score (nSPS) is 29.6. The number of ether oxygens (including phenoxy) is 1. The zero-order valence-electron chi connectivity index (χ0n) is 17.9. The summed E-state index contributed by atoms with van der Waals surface area (Å²) in [5.41, 5.74) is 1.20. The molecular formula is C22H36N4O2. The van der Waals surface area contributed by atoms with Crippen molar-refractivity contribution in [2.75, 3.05) is 26.3 Å². The van der Waals surface area contributed by atoms with Gasteiger partial charge in [0.15, 0.2) is 0 Å². The highest BCUT2D eigenvalue weighted by molar-refractivity contribution is 5.85. The number of aromatic nitrogens is 2. The molecule has 0 radical (unpaired) electrons. The van der Waals surface area contributed by atoms with Gasteiger partial charge in [0.05, 0.1) is 12.0 Å². The topological polar surface area (TPSA) is 50.6 Å². The first-order chi connectivity index (χ1) is 13.4. The summed E-state index contributed by atoms with van der Waals surface area (Å²) in [6.45, 7) is 13.4. The summed E-state index contributed by atoms with van der Waals surface area (Å²) in [7, 11) is 0. The molecule has 156 valence electrons. The summed E-state index contributed by atoms with van der Waals surface area (Å²) < 4.78 is 7.90. The highest BCUT2D eigenvalue weighted by atomic mass is 16.5. The molecule has 3 fully saturated rings. The van der Waals surface area contributed by atoms with E-state index in [0.29, 0.717) is 17.9 Å². The van der Waals surface area contributed by atoms with Crippen LogP contribution in [0.4, 0.5) is 0 Å². The van der Waals surface area contributed by atoms with Crippen molar-refractivity contribution >= 4 is 5.91 Å². The fraction of sp³-hybridized carbons (Fsp3) is 0.818. The van der Waals surface area contributed by atoms with Crippen LogP contribution in [0.1, 0.15) is 65.1 Å². The van der Waals surface area contributed by atoms with Crippen molar-refractivity contribution in [1.82, 2.24) is 19.4 Å². The third-order valence-corrected chi connectivity index (χ3v) is 7.26. The Morgan fingerprint density at radius 3 is 2.50 bits per heavy atom. The first-order valence-electron chi connectivity index (χ1n) is 11.0. The lowest BCUT2D eigenvalue weighted by molar-refractivity contribution is -0.144. The Morgan fingerprint density at radius 1 is 1.25 bits per heavy atom. The van der Waals surface area contributed by atoms with Gasteiger partial charge in [-0.05, 0) is 52.4 Å². The van der Waals surface area contributed by atoms with Gasteiger partial charge < -0.3 is 14.2 Å². The molecule has 6 heteroatoms. The van der Waals surface area contributed by atoms with Gasteiger partial charge in [-0.15, -0.1) is 0 Å². The van der Waals surface area contributed by atoms with Gasteiger partial charge in [0, 0.05) is 62.6 Å². The van der Waals surface area contributed by atoms with E-state index in [2.05, 4.69) is 47.0 Å². The highest BCUT2D eigenvalue weighted by Crippen LogP contribution is 2.47. The number of carbonyl (C=O) groups is 1. The summed E-state index contributed by atoms with van der Waals surface area (Å²) in [6, 6.07) is 0.977. The lowest BCUT2D eigenvalue weighted by Crippen LogP contribution is -2.59. The second-order valence-electron chi connectivity index (χ2n) is 9.65. The molecule has 1 amide bonds. The lowest BCUT2D eigenvalue weighted by Gasteiger charge is -2.45. The van der Waals surface area contributed by atoms with Crippen molar-refractivity contribution in [3.8, 4) is 0 Å². The van der Waals surface area contributed by atoms with Crippen LogP contribution in [-0.4, -0.2) is 63.6 Å². The van der Waals surface area contributed by atoms with Gasteiger partial charge in [0.2, 0.25) is 5.91 Å². The van der Waals surface area contributed by atoms with Crippen molar-refractivity contribution < 1.29 is 9.53 Å². The minimum absolute atomic E-state index is 0.0809. The van der Waals surface area contributed by atoms with Crippen molar-refractivity contribution in [2.24, 2.45) is 11.3 Å². The predicted octanol–water partition coefficient (Wildman–Crippen LogP) is 3.09. The number of rotatable bonds is 5. The number of nitrogens with zero attached hydrogens (tertiary/aromatic N) is 4. The molecular weight excluding hydrogens is 352 g/mol. The van der Waals surface area contributed by atoms with Crippen LogP contribution < -0.4 is 0 Å². The zero-order chi connectivity index (χ0) is 19.9. The zero-order valence-corrected chi connectivity index (χ0v) is 17.9. The van der Waals surface area contributed by atoms with Gasteiger partial charge >= 0.3 is 0 Å². The van der Waals surface area contributed by atoms with Crippen LogP contribution >= 0.6 is 0 Å². The monoisotopic (exact) mass is 388 g/mol. The Balaban J connectivity index is 1.40. The molecule has 2 aliphatic heterocycles. The molecule has 3 atom stereocenters. The minimum atomic E-state index is -0.0809. The van der Waals surface area contributed by atoms with Crippen molar-refractivity contribution in [3.05, 3.63) is 18.2 Å². The third-order valence-electron chi connectivity index (χ3n) is 7.26. The van der Waals surface area contributed by atoms with E-state index < -0.39 is 0 Å². The van der Waals surface area contributed by atoms with E-state index in [4.69, 9.17) is 4.74 Å². The summed E-state index contributed by atoms with van der Waals surface area (Å²) in [5, 5.41) is 0. The Bertz CT molecular complexity index is 680. The van der Waals surface area contributed by atoms with E-state index in [1.54, 1.807) is 0 Å². The van der Waals surface area contributed by atoms with Gasteiger partial charge in [-0.25, -0.2) is 4.98 Å². The van der Waals surface area contributed by atoms with Gasteiger partial charge in [-0.2, -0.15) is 0 Å². The quantitative estimate of drug-likeness (QED) is 0.778. The van der Waals surface area contributed by atoms with E-state index >= 15 is 0 Å². The van der Waals surface area contributed by atoms with Gasteiger partial charge in [-0.3, -0.25) is 9.69 Å². The number of imidazole rings is 1. The maximum Gasteiger partial charge on any atom is 0.229 e. The average Bonchev–Trinajstić information content (AvgIpc) is 3.26. The average molecular weight is 389 g/mol. The standard InChI is InChI=1S/C22H36N4O2/c1-16-12-24(13-17(2)26(16)21(27)22(4)7-8-22)14-20-11-23-15-25(20)18(3)19-5-9-28-10-6-19/h11,15-19H,5-10,12-14H2,1-4H3. The van der Waals surface area contributed by atoms with Crippen LogP contribution in [0.5, 0.6) is 0 Å². The molecule has 0 bridgehead atoms. The maximum atomic E-state index is 12.9. The Labute approximate surface area is 169 Å². The van der Waals surface area contributed by atoms with Crippen LogP contribution in [-0.2, 0) is 16.1 Å². The smallest absolute Gasteiger partial charge is 0.229 e. The molecule has 1 aromatic heterocycles. The van der Waals surface area contributed by atoms with Crippen LogP contribution in [0, 0.1) is 11.3 Å². The molecule has 6 nitrogen and oxygen atoms in total. The van der Waals surface area contributed by atoms with E-state index in [1.165, 1.54) is 5.69 Å². The van der Waals surface area contributed by atoms with E-state index in [1.807, 2.05) is 12.5 Å². The molecule has 28 heavy (non-hydrogen) atoms. The van der Waals surface area contributed by atoms with Crippen molar-refractivity contribution in [1.29, 1.82) is 0 Å². The maximum absolute atomic E-state index is 12.9. The Morgan fingerprint density at radius 2 is 1.89 bits per heavy atom. The number of carbonyl (C=O) groups excluding carboxylic acids is 1. The highest BCUT2D eigenvalue weighted by Gasteiger charge is 2.49. The lowest BCUT2D eigenvalue weighted by atomic mass is 9.92. The summed E-state index contributed by atoms with van der Waals surface area (Å²) >= 11 is 0. The van der Waals surface area contributed by atoms with E-state index in [0.717, 1.165) is 58.5 Å². The Hall–Kier alpha value is -1.40. The number of piperazine rings is 1. The molecule has 1 saturated carbocycles. The molecule has 0 N–H and O–H groups in total. The largest absolute Gasteiger partial charge is 0.381 e. The first kappa shape index (κ1) is 19.9. The molecule has 4 rings (SSSR count). The van der Waals surface area contributed by atoms with Gasteiger partial charge in [0.25, 0.3) is 0 Å². The minimum Gasteiger partial charge on any atom is -0.381 e. The van der Waals surface area contributed by atoms with E-state index in [9.17, 15) is 4.79 Å². The molecule has 2 saturated heterocycles. The predicted molar refractivity (Wildman–Crippen MR) is 109 cm³/mol. The van der Waals surface area contributed by atoms with Crippen molar-refractivity contribution in [2.45, 2.75) is 78.0 Å². The number of hydrogen-bond acceptors (Lipinski definition) is 4. The van der Waals surface area contributed by atoms with Gasteiger partial charge in [-0.1, -0.05) is 6.92 Å². The summed E-state index contributed by atoms with van der Waals surface area (Å²) in [4.78, 5) is 22.1. The first-order valence-corrected chi connectivity index (χ1v) is 11.0. The third kappa shape index (κ3) is 3.86. The van der Waals surface area contributed by atoms with E-state index in [-0.39, 0.29) is 17.5 Å².